The molecule has 2 aliphatic carbocycles. The second-order valence-electron chi connectivity index (χ2n) is 7.80. The standard InChI is InChI=1S/C20H24N6/c1-13-22-10-17(24-13)11-26(12-18(14-4-5-14)15-6-7-15)20-23-9-16-3-2-8-21-19(16)25-20/h2-3,8-10,14-15,18H,4-7,11-12H2,1H3,(H,22,24). The van der Waals surface area contributed by atoms with Gasteiger partial charge in [0.1, 0.15) is 5.82 Å². The summed E-state index contributed by atoms with van der Waals surface area (Å²) in [6, 6.07) is 3.93. The lowest BCUT2D eigenvalue weighted by molar-refractivity contribution is 0.399. The van der Waals surface area contributed by atoms with Crippen molar-refractivity contribution in [2.45, 2.75) is 39.2 Å². The smallest absolute Gasteiger partial charge is 0.227 e. The summed E-state index contributed by atoms with van der Waals surface area (Å²) in [5, 5.41) is 0.981. The van der Waals surface area contributed by atoms with Gasteiger partial charge >= 0.3 is 0 Å². The Kier molecular flexibility index (Phi) is 3.84. The van der Waals surface area contributed by atoms with E-state index in [1.807, 2.05) is 31.5 Å². The van der Waals surface area contributed by atoms with E-state index in [0.717, 1.165) is 59.3 Å². The van der Waals surface area contributed by atoms with Crippen LogP contribution in [0.1, 0.15) is 37.2 Å². The lowest BCUT2D eigenvalue weighted by Crippen LogP contribution is -2.32. The summed E-state index contributed by atoms with van der Waals surface area (Å²) < 4.78 is 0. The number of pyridine rings is 1. The Hall–Kier alpha value is -2.50. The predicted octanol–water partition coefficient (Wildman–Crippen LogP) is 3.50. The molecule has 2 aliphatic rings. The molecule has 1 N–H and O–H groups in total. The highest BCUT2D eigenvalue weighted by molar-refractivity contribution is 5.74. The molecule has 0 amide bonds. The molecule has 3 aromatic heterocycles. The summed E-state index contributed by atoms with van der Waals surface area (Å²) in [4.78, 5) is 23.9. The fourth-order valence-electron chi connectivity index (χ4n) is 3.97. The van der Waals surface area contributed by atoms with Crippen molar-refractivity contribution in [3.05, 3.63) is 42.2 Å². The van der Waals surface area contributed by atoms with Crippen LogP contribution in [0, 0.1) is 24.7 Å². The fourth-order valence-corrected chi connectivity index (χ4v) is 3.97. The van der Waals surface area contributed by atoms with Crippen molar-refractivity contribution in [2.24, 2.45) is 17.8 Å². The van der Waals surface area contributed by atoms with E-state index in [1.54, 1.807) is 6.20 Å². The first kappa shape index (κ1) is 15.7. The summed E-state index contributed by atoms with van der Waals surface area (Å²) in [5.41, 5.74) is 1.87. The van der Waals surface area contributed by atoms with Crippen molar-refractivity contribution >= 4 is 17.0 Å². The van der Waals surface area contributed by atoms with Gasteiger partial charge in [0.25, 0.3) is 0 Å². The first-order chi connectivity index (χ1) is 12.8. The first-order valence-corrected chi connectivity index (χ1v) is 9.59. The Labute approximate surface area is 153 Å². The van der Waals surface area contributed by atoms with Crippen molar-refractivity contribution in [3.63, 3.8) is 0 Å². The van der Waals surface area contributed by atoms with Crippen LogP contribution in [0.4, 0.5) is 5.95 Å². The average Bonchev–Trinajstić information content (AvgIpc) is 3.58. The average molecular weight is 348 g/mol. The third kappa shape index (κ3) is 3.28. The van der Waals surface area contributed by atoms with Crippen molar-refractivity contribution in [1.82, 2.24) is 24.9 Å². The van der Waals surface area contributed by atoms with Crippen LogP contribution < -0.4 is 4.90 Å². The fraction of sp³-hybridized carbons (Fsp3) is 0.500. The monoisotopic (exact) mass is 348 g/mol. The highest BCUT2D eigenvalue weighted by atomic mass is 15.3. The Bertz CT molecular complexity index is 899. The van der Waals surface area contributed by atoms with Gasteiger partial charge in [-0.05, 0) is 62.5 Å². The van der Waals surface area contributed by atoms with Crippen molar-refractivity contribution in [3.8, 4) is 0 Å². The number of nitrogens with one attached hydrogen (secondary N) is 1. The zero-order valence-electron chi connectivity index (χ0n) is 15.1. The molecule has 5 rings (SSSR count). The number of anilines is 1. The number of imidazole rings is 1. The molecular weight excluding hydrogens is 324 g/mol. The van der Waals surface area contributed by atoms with Gasteiger partial charge in [-0.15, -0.1) is 0 Å². The number of aromatic nitrogens is 5. The summed E-state index contributed by atoms with van der Waals surface area (Å²) in [6.45, 7) is 3.77. The number of fused-ring (bicyclic) bond motifs is 1. The summed E-state index contributed by atoms with van der Waals surface area (Å²) in [7, 11) is 0. The number of hydrogen-bond acceptors (Lipinski definition) is 5. The third-order valence-corrected chi connectivity index (χ3v) is 5.63. The predicted molar refractivity (Wildman–Crippen MR) is 101 cm³/mol. The van der Waals surface area contributed by atoms with Crippen LogP contribution in [-0.2, 0) is 6.54 Å². The van der Waals surface area contributed by atoms with Gasteiger partial charge in [-0.1, -0.05) is 0 Å². The van der Waals surface area contributed by atoms with E-state index in [2.05, 4.69) is 24.8 Å². The zero-order chi connectivity index (χ0) is 17.5. The van der Waals surface area contributed by atoms with Gasteiger partial charge in [-0.2, -0.15) is 4.98 Å². The molecule has 0 aliphatic heterocycles. The quantitative estimate of drug-likeness (QED) is 0.707. The van der Waals surface area contributed by atoms with Crippen molar-refractivity contribution in [2.75, 3.05) is 11.4 Å². The van der Waals surface area contributed by atoms with Crippen LogP contribution in [0.25, 0.3) is 11.0 Å². The molecular formula is C20H24N6. The van der Waals surface area contributed by atoms with E-state index in [-0.39, 0.29) is 0 Å². The van der Waals surface area contributed by atoms with E-state index in [0.29, 0.717) is 0 Å². The van der Waals surface area contributed by atoms with Gasteiger partial charge in [-0.3, -0.25) is 0 Å². The summed E-state index contributed by atoms with van der Waals surface area (Å²) in [5.74, 6) is 4.28. The van der Waals surface area contributed by atoms with Crippen LogP contribution in [0.15, 0.2) is 30.7 Å². The van der Waals surface area contributed by atoms with Gasteiger partial charge in [-0.25, -0.2) is 15.0 Å². The molecule has 0 atom stereocenters. The number of aromatic amines is 1. The van der Waals surface area contributed by atoms with Crippen molar-refractivity contribution in [1.29, 1.82) is 0 Å². The van der Waals surface area contributed by atoms with Crippen LogP contribution in [0.3, 0.4) is 0 Å². The van der Waals surface area contributed by atoms with Crippen LogP contribution in [0.5, 0.6) is 0 Å². The van der Waals surface area contributed by atoms with E-state index < -0.39 is 0 Å². The zero-order valence-corrected chi connectivity index (χ0v) is 15.1. The maximum Gasteiger partial charge on any atom is 0.227 e. The van der Waals surface area contributed by atoms with Gasteiger partial charge in [0.15, 0.2) is 5.65 Å². The Morgan fingerprint density at radius 2 is 1.92 bits per heavy atom. The molecule has 2 saturated carbocycles. The highest BCUT2D eigenvalue weighted by Crippen LogP contribution is 2.49. The minimum absolute atomic E-state index is 0.759. The number of hydrogen-bond donors (Lipinski definition) is 1. The highest BCUT2D eigenvalue weighted by Gasteiger charge is 2.42. The molecule has 0 bridgehead atoms. The van der Waals surface area contributed by atoms with Gasteiger partial charge < -0.3 is 9.88 Å². The largest absolute Gasteiger partial charge is 0.345 e. The van der Waals surface area contributed by atoms with Crippen molar-refractivity contribution < 1.29 is 0 Å². The third-order valence-electron chi connectivity index (χ3n) is 5.63. The minimum Gasteiger partial charge on any atom is -0.345 e. The van der Waals surface area contributed by atoms with E-state index in [9.17, 15) is 0 Å². The maximum absolute atomic E-state index is 4.76. The molecule has 3 heterocycles. The van der Waals surface area contributed by atoms with Gasteiger partial charge in [0, 0.05) is 24.3 Å². The number of aryl methyl sites for hydroxylation is 1. The molecule has 0 radical (unpaired) electrons. The molecule has 3 aromatic rings. The molecule has 134 valence electrons. The number of rotatable bonds is 7. The van der Waals surface area contributed by atoms with E-state index in [1.165, 1.54) is 25.7 Å². The Morgan fingerprint density at radius 3 is 2.62 bits per heavy atom. The molecule has 2 fully saturated rings. The van der Waals surface area contributed by atoms with Crippen LogP contribution in [0.2, 0.25) is 0 Å². The first-order valence-electron chi connectivity index (χ1n) is 9.59. The van der Waals surface area contributed by atoms with E-state index >= 15 is 0 Å². The molecule has 6 nitrogen and oxygen atoms in total. The maximum atomic E-state index is 4.76. The second-order valence-corrected chi connectivity index (χ2v) is 7.80. The topological polar surface area (TPSA) is 70.6 Å². The normalized spacial score (nSPS) is 17.2. The van der Waals surface area contributed by atoms with Crippen LogP contribution >= 0.6 is 0 Å². The molecule has 26 heavy (non-hydrogen) atoms. The van der Waals surface area contributed by atoms with Gasteiger partial charge in [0.05, 0.1) is 18.4 Å². The summed E-state index contributed by atoms with van der Waals surface area (Å²) in [6.07, 6.45) is 11.1. The molecule has 0 spiro atoms. The lowest BCUT2D eigenvalue weighted by Gasteiger charge is -2.27. The molecule has 6 heteroatoms. The lowest BCUT2D eigenvalue weighted by atomic mass is 9.97. The number of H-pyrrole nitrogens is 1. The van der Waals surface area contributed by atoms with Gasteiger partial charge in [0.2, 0.25) is 5.95 Å². The SMILES string of the molecule is Cc1ncc(CN(CC(C2CC2)C2CC2)c2ncc3cccnc3n2)[nH]1. The van der Waals surface area contributed by atoms with Crippen LogP contribution in [-0.4, -0.2) is 31.5 Å². The molecule has 0 aromatic carbocycles. The Morgan fingerprint density at radius 1 is 1.12 bits per heavy atom. The molecule has 0 saturated heterocycles. The van der Waals surface area contributed by atoms with E-state index in [4.69, 9.17) is 4.98 Å². The molecule has 0 unspecified atom stereocenters. The minimum atomic E-state index is 0.759. The number of nitrogens with zero attached hydrogens (tertiary/aromatic N) is 5. The Balaban J connectivity index is 1.46. The summed E-state index contributed by atoms with van der Waals surface area (Å²) >= 11 is 0. The second kappa shape index (κ2) is 6.34.